The van der Waals surface area contributed by atoms with Crippen LogP contribution in [0, 0.1) is 6.92 Å². The Morgan fingerprint density at radius 1 is 0.941 bits per heavy atom. The predicted molar refractivity (Wildman–Crippen MR) is 132 cm³/mol. The summed E-state index contributed by atoms with van der Waals surface area (Å²) in [4.78, 5) is 27.1. The number of carbonyl (C=O) groups excluding carboxylic acids is 2. The van der Waals surface area contributed by atoms with Crippen molar-refractivity contribution < 1.29 is 9.59 Å². The highest BCUT2D eigenvalue weighted by Crippen LogP contribution is 2.29. The standard InChI is InChI=1S/C28H26N4O2/c1-20-6-5-7-22(16-20)18-29-28(34)24-12-10-21(11-13-24)19-31-26-17-25(23-8-3-2-4-9-23)30-32(26)15-14-27(31)33/h2-13,16-17H,14-15,18-19H2,1H3,(H,29,34). The van der Waals surface area contributed by atoms with Gasteiger partial charge in [-0.3, -0.25) is 14.5 Å². The smallest absolute Gasteiger partial charge is 0.251 e. The molecule has 6 heteroatoms. The second-order valence-electron chi connectivity index (χ2n) is 8.58. The fourth-order valence-corrected chi connectivity index (χ4v) is 4.22. The Morgan fingerprint density at radius 3 is 2.50 bits per heavy atom. The van der Waals surface area contributed by atoms with Crippen LogP contribution in [0.15, 0.2) is 84.9 Å². The highest BCUT2D eigenvalue weighted by Gasteiger charge is 2.26. The number of carbonyl (C=O) groups is 2. The molecule has 1 N–H and O–H groups in total. The van der Waals surface area contributed by atoms with E-state index >= 15 is 0 Å². The summed E-state index contributed by atoms with van der Waals surface area (Å²) in [7, 11) is 0. The van der Waals surface area contributed by atoms with Crippen LogP contribution in [0.1, 0.15) is 33.5 Å². The van der Waals surface area contributed by atoms with Crippen LogP contribution in [0.5, 0.6) is 0 Å². The number of aromatic nitrogens is 2. The number of anilines is 1. The summed E-state index contributed by atoms with van der Waals surface area (Å²) in [6.07, 6.45) is 0.419. The molecule has 34 heavy (non-hydrogen) atoms. The molecule has 0 saturated heterocycles. The van der Waals surface area contributed by atoms with Crippen LogP contribution in [0.3, 0.4) is 0 Å². The van der Waals surface area contributed by atoms with Gasteiger partial charge in [-0.2, -0.15) is 5.10 Å². The molecule has 4 aromatic rings. The zero-order valence-electron chi connectivity index (χ0n) is 19.1. The second-order valence-corrected chi connectivity index (χ2v) is 8.58. The summed E-state index contributed by atoms with van der Waals surface area (Å²) in [6.45, 7) is 3.53. The van der Waals surface area contributed by atoms with Gasteiger partial charge in [0.2, 0.25) is 5.91 Å². The van der Waals surface area contributed by atoms with Crippen molar-refractivity contribution in [3.63, 3.8) is 0 Å². The zero-order valence-corrected chi connectivity index (χ0v) is 19.1. The molecule has 0 radical (unpaired) electrons. The van der Waals surface area contributed by atoms with Gasteiger partial charge >= 0.3 is 0 Å². The molecule has 0 bridgehead atoms. The van der Waals surface area contributed by atoms with Gasteiger partial charge in [0.15, 0.2) is 0 Å². The Kier molecular flexibility index (Phi) is 5.95. The van der Waals surface area contributed by atoms with E-state index in [1.165, 1.54) is 5.56 Å². The normalized spacial score (nSPS) is 13.0. The Hall–Kier alpha value is -4.19. The summed E-state index contributed by atoms with van der Waals surface area (Å²) in [5.41, 5.74) is 5.67. The molecule has 1 aliphatic heterocycles. The number of fused-ring (bicyclic) bond motifs is 1. The monoisotopic (exact) mass is 450 g/mol. The molecule has 0 unspecified atom stereocenters. The SMILES string of the molecule is Cc1cccc(CNC(=O)c2ccc(CN3C(=O)CCn4nc(-c5ccccc5)cc43)cc2)c1. The number of nitrogens with zero attached hydrogens (tertiary/aromatic N) is 3. The van der Waals surface area contributed by atoms with Crippen LogP contribution in [0.25, 0.3) is 11.3 Å². The maximum Gasteiger partial charge on any atom is 0.251 e. The average Bonchev–Trinajstić information content (AvgIpc) is 3.30. The van der Waals surface area contributed by atoms with Gasteiger partial charge in [-0.15, -0.1) is 0 Å². The van der Waals surface area contributed by atoms with E-state index in [0.717, 1.165) is 28.2 Å². The fourth-order valence-electron chi connectivity index (χ4n) is 4.22. The molecular weight excluding hydrogens is 424 g/mol. The lowest BCUT2D eigenvalue weighted by Gasteiger charge is -2.27. The predicted octanol–water partition coefficient (Wildman–Crippen LogP) is 4.73. The van der Waals surface area contributed by atoms with Gasteiger partial charge in [-0.05, 0) is 30.2 Å². The van der Waals surface area contributed by atoms with Crippen LogP contribution in [-0.2, 0) is 24.4 Å². The molecule has 3 aromatic carbocycles. The fraction of sp³-hybridized carbons (Fsp3) is 0.179. The van der Waals surface area contributed by atoms with E-state index in [4.69, 9.17) is 5.10 Å². The number of amides is 2. The minimum atomic E-state index is -0.118. The van der Waals surface area contributed by atoms with Crippen LogP contribution in [-0.4, -0.2) is 21.6 Å². The van der Waals surface area contributed by atoms with Crippen molar-refractivity contribution in [1.82, 2.24) is 15.1 Å². The molecule has 2 heterocycles. The van der Waals surface area contributed by atoms with Gasteiger partial charge in [-0.25, -0.2) is 4.68 Å². The third-order valence-electron chi connectivity index (χ3n) is 6.04. The van der Waals surface area contributed by atoms with E-state index in [1.54, 1.807) is 4.90 Å². The Bertz CT molecular complexity index is 1330. The molecule has 5 rings (SSSR count). The number of rotatable bonds is 6. The maximum absolute atomic E-state index is 12.7. The Morgan fingerprint density at radius 2 is 1.74 bits per heavy atom. The first-order valence-corrected chi connectivity index (χ1v) is 11.4. The third-order valence-corrected chi connectivity index (χ3v) is 6.04. The molecule has 0 fully saturated rings. The number of hydrogen-bond donors (Lipinski definition) is 1. The Balaban J connectivity index is 1.28. The van der Waals surface area contributed by atoms with Crippen LogP contribution in [0.4, 0.5) is 5.82 Å². The molecule has 2 amide bonds. The van der Waals surface area contributed by atoms with Gasteiger partial charge in [0.1, 0.15) is 5.82 Å². The first-order chi connectivity index (χ1) is 16.6. The van der Waals surface area contributed by atoms with Crippen LogP contribution in [0.2, 0.25) is 0 Å². The molecule has 1 aliphatic rings. The van der Waals surface area contributed by atoms with Gasteiger partial charge in [0.05, 0.1) is 18.8 Å². The summed E-state index contributed by atoms with van der Waals surface area (Å²) < 4.78 is 1.90. The summed E-state index contributed by atoms with van der Waals surface area (Å²) in [6, 6.07) is 27.5. The van der Waals surface area contributed by atoms with E-state index in [-0.39, 0.29) is 11.8 Å². The van der Waals surface area contributed by atoms with Crippen LogP contribution < -0.4 is 10.2 Å². The average molecular weight is 451 g/mol. The van der Waals surface area contributed by atoms with E-state index in [0.29, 0.717) is 31.6 Å². The third kappa shape index (κ3) is 4.62. The quantitative estimate of drug-likeness (QED) is 0.462. The number of benzene rings is 3. The summed E-state index contributed by atoms with van der Waals surface area (Å²) in [5.74, 6) is 0.759. The minimum Gasteiger partial charge on any atom is -0.348 e. The minimum absolute atomic E-state index is 0.0759. The van der Waals surface area contributed by atoms with E-state index in [1.807, 2.05) is 90.5 Å². The van der Waals surface area contributed by atoms with Gasteiger partial charge in [-0.1, -0.05) is 72.3 Å². The van der Waals surface area contributed by atoms with Gasteiger partial charge in [0, 0.05) is 30.2 Å². The topological polar surface area (TPSA) is 67.2 Å². The molecule has 0 atom stereocenters. The van der Waals surface area contributed by atoms with Gasteiger partial charge in [0.25, 0.3) is 5.91 Å². The first kappa shape index (κ1) is 21.6. The van der Waals surface area contributed by atoms with E-state index in [2.05, 4.69) is 11.4 Å². The van der Waals surface area contributed by atoms with Crippen molar-refractivity contribution in [2.75, 3.05) is 4.90 Å². The molecule has 1 aromatic heterocycles. The first-order valence-electron chi connectivity index (χ1n) is 11.4. The lowest BCUT2D eigenvalue weighted by atomic mass is 10.1. The van der Waals surface area contributed by atoms with E-state index in [9.17, 15) is 9.59 Å². The van der Waals surface area contributed by atoms with Gasteiger partial charge < -0.3 is 5.32 Å². The lowest BCUT2D eigenvalue weighted by Crippen LogP contribution is -2.36. The lowest BCUT2D eigenvalue weighted by molar-refractivity contribution is -0.119. The van der Waals surface area contributed by atoms with Crippen molar-refractivity contribution in [1.29, 1.82) is 0 Å². The molecule has 0 aliphatic carbocycles. The number of hydrogen-bond acceptors (Lipinski definition) is 3. The highest BCUT2D eigenvalue weighted by molar-refractivity contribution is 5.95. The molecule has 170 valence electrons. The van der Waals surface area contributed by atoms with Crippen molar-refractivity contribution in [3.05, 3.63) is 107 Å². The molecule has 0 spiro atoms. The Labute approximate surface area is 198 Å². The van der Waals surface area contributed by atoms with Crippen molar-refractivity contribution >= 4 is 17.6 Å². The molecule has 6 nitrogen and oxygen atoms in total. The van der Waals surface area contributed by atoms with Crippen molar-refractivity contribution in [2.45, 2.75) is 33.0 Å². The van der Waals surface area contributed by atoms with Crippen LogP contribution >= 0.6 is 0 Å². The van der Waals surface area contributed by atoms with E-state index < -0.39 is 0 Å². The molecular formula is C28H26N4O2. The summed E-state index contributed by atoms with van der Waals surface area (Å²) >= 11 is 0. The molecule has 0 saturated carbocycles. The zero-order chi connectivity index (χ0) is 23.5. The highest BCUT2D eigenvalue weighted by atomic mass is 16.2. The summed E-state index contributed by atoms with van der Waals surface area (Å²) in [5, 5.41) is 7.67. The van der Waals surface area contributed by atoms with Crippen molar-refractivity contribution in [2.24, 2.45) is 0 Å². The maximum atomic E-state index is 12.7. The number of aryl methyl sites for hydroxylation is 2. The van der Waals surface area contributed by atoms with Crippen molar-refractivity contribution in [3.8, 4) is 11.3 Å². The largest absolute Gasteiger partial charge is 0.348 e. The second kappa shape index (κ2) is 9.35. The number of nitrogens with one attached hydrogen (secondary N) is 1.